The van der Waals surface area contributed by atoms with Crippen LogP contribution in [0, 0.1) is 6.92 Å². The molecular weight excluding hydrogens is 182 g/mol. The van der Waals surface area contributed by atoms with Crippen LogP contribution in [0.1, 0.15) is 24.0 Å². The van der Waals surface area contributed by atoms with E-state index < -0.39 is 0 Å². The number of nitrogens with two attached hydrogens (primary N) is 1. The van der Waals surface area contributed by atoms with Crippen LogP contribution in [-0.4, -0.2) is 6.54 Å². The molecule has 1 atom stereocenters. The number of benzene rings is 2. The van der Waals surface area contributed by atoms with Gasteiger partial charge in [0, 0.05) is 0 Å². The molecule has 1 nitrogen and oxygen atoms in total. The molecule has 0 heterocycles. The number of aryl methyl sites for hydroxylation is 1. The van der Waals surface area contributed by atoms with E-state index in [1.807, 2.05) is 0 Å². The van der Waals surface area contributed by atoms with Gasteiger partial charge in [-0.05, 0) is 41.3 Å². The normalized spacial score (nSPS) is 13.0. The molecule has 0 aliphatic heterocycles. The number of hydrogen-bond acceptors (Lipinski definition) is 1. The van der Waals surface area contributed by atoms with E-state index in [9.17, 15) is 0 Å². The summed E-state index contributed by atoms with van der Waals surface area (Å²) >= 11 is 0. The zero-order chi connectivity index (χ0) is 10.8. The number of fused-ring (bicyclic) bond motifs is 1. The molecule has 15 heavy (non-hydrogen) atoms. The first-order valence-electron chi connectivity index (χ1n) is 5.42. The summed E-state index contributed by atoms with van der Waals surface area (Å²) in [6.45, 7) is 5.03. The minimum atomic E-state index is 0.426. The van der Waals surface area contributed by atoms with Gasteiger partial charge in [-0.1, -0.05) is 43.3 Å². The van der Waals surface area contributed by atoms with Crippen LogP contribution in [0.3, 0.4) is 0 Å². The highest BCUT2D eigenvalue weighted by Crippen LogP contribution is 2.27. The molecule has 0 saturated heterocycles. The second-order valence-corrected chi connectivity index (χ2v) is 4.15. The third kappa shape index (κ3) is 1.75. The summed E-state index contributed by atoms with van der Waals surface area (Å²) < 4.78 is 0. The molecule has 0 fully saturated rings. The quantitative estimate of drug-likeness (QED) is 0.789. The van der Waals surface area contributed by atoms with E-state index in [4.69, 9.17) is 5.73 Å². The molecule has 2 aromatic carbocycles. The summed E-state index contributed by atoms with van der Waals surface area (Å²) in [5.74, 6) is 0.426. The molecule has 0 aliphatic rings. The topological polar surface area (TPSA) is 26.0 Å². The Morgan fingerprint density at radius 1 is 1.07 bits per heavy atom. The fraction of sp³-hybridized carbons (Fsp3) is 0.286. The van der Waals surface area contributed by atoms with Gasteiger partial charge < -0.3 is 5.73 Å². The van der Waals surface area contributed by atoms with Crippen LogP contribution < -0.4 is 5.73 Å². The van der Waals surface area contributed by atoms with E-state index >= 15 is 0 Å². The van der Waals surface area contributed by atoms with Gasteiger partial charge in [-0.3, -0.25) is 0 Å². The van der Waals surface area contributed by atoms with Crippen LogP contribution in [0.5, 0.6) is 0 Å². The standard InChI is InChI=1S/C14H17N/c1-10-7-8-13(11(2)9-15)14-6-4-3-5-12(10)14/h3-8,11H,9,15H2,1-2H3. The average molecular weight is 199 g/mol. The van der Waals surface area contributed by atoms with Gasteiger partial charge in [0.2, 0.25) is 0 Å². The monoisotopic (exact) mass is 199 g/mol. The van der Waals surface area contributed by atoms with E-state index in [1.54, 1.807) is 0 Å². The van der Waals surface area contributed by atoms with Gasteiger partial charge in [-0.2, -0.15) is 0 Å². The number of hydrogen-bond donors (Lipinski definition) is 1. The van der Waals surface area contributed by atoms with Crippen LogP contribution >= 0.6 is 0 Å². The van der Waals surface area contributed by atoms with Gasteiger partial charge in [-0.15, -0.1) is 0 Å². The highest BCUT2D eigenvalue weighted by Gasteiger charge is 2.08. The Morgan fingerprint density at radius 2 is 1.73 bits per heavy atom. The fourth-order valence-electron chi connectivity index (χ4n) is 2.03. The van der Waals surface area contributed by atoms with Gasteiger partial charge in [0.05, 0.1) is 0 Å². The van der Waals surface area contributed by atoms with Crippen molar-refractivity contribution < 1.29 is 0 Å². The maximum absolute atomic E-state index is 5.73. The molecule has 0 saturated carbocycles. The summed E-state index contributed by atoms with van der Waals surface area (Å²) in [4.78, 5) is 0. The van der Waals surface area contributed by atoms with Gasteiger partial charge in [0.1, 0.15) is 0 Å². The molecule has 0 spiro atoms. The lowest BCUT2D eigenvalue weighted by molar-refractivity contribution is 0.780. The number of rotatable bonds is 2. The molecule has 0 bridgehead atoms. The Morgan fingerprint density at radius 3 is 2.40 bits per heavy atom. The smallest absolute Gasteiger partial charge is 0.00107 e. The maximum atomic E-state index is 5.73. The first kappa shape index (κ1) is 10.2. The molecular formula is C14H17N. The lowest BCUT2D eigenvalue weighted by Gasteiger charge is -2.13. The highest BCUT2D eigenvalue weighted by molar-refractivity contribution is 5.88. The Balaban J connectivity index is 2.71. The first-order chi connectivity index (χ1) is 7.24. The molecule has 1 unspecified atom stereocenters. The summed E-state index contributed by atoms with van der Waals surface area (Å²) in [6.07, 6.45) is 0. The molecule has 78 valence electrons. The Bertz CT molecular complexity index is 474. The molecule has 2 N–H and O–H groups in total. The van der Waals surface area contributed by atoms with E-state index in [0.717, 1.165) is 0 Å². The van der Waals surface area contributed by atoms with Gasteiger partial charge in [0.25, 0.3) is 0 Å². The minimum Gasteiger partial charge on any atom is -0.330 e. The molecule has 1 heteroatoms. The van der Waals surface area contributed by atoms with E-state index in [2.05, 4.69) is 50.2 Å². The van der Waals surface area contributed by atoms with Crippen LogP contribution in [0.15, 0.2) is 36.4 Å². The first-order valence-corrected chi connectivity index (χ1v) is 5.42. The predicted octanol–water partition coefficient (Wildman–Crippen LogP) is 3.21. The van der Waals surface area contributed by atoms with Gasteiger partial charge in [-0.25, -0.2) is 0 Å². The van der Waals surface area contributed by atoms with Crippen LogP contribution in [-0.2, 0) is 0 Å². The van der Waals surface area contributed by atoms with Crippen molar-refractivity contribution in [2.45, 2.75) is 19.8 Å². The molecule has 2 aromatic rings. The van der Waals surface area contributed by atoms with Crippen molar-refractivity contribution >= 4 is 10.8 Å². The zero-order valence-electron chi connectivity index (χ0n) is 9.33. The predicted molar refractivity (Wildman–Crippen MR) is 66.2 cm³/mol. The van der Waals surface area contributed by atoms with Crippen molar-refractivity contribution in [1.82, 2.24) is 0 Å². The zero-order valence-corrected chi connectivity index (χ0v) is 9.33. The van der Waals surface area contributed by atoms with Crippen molar-refractivity contribution in [1.29, 1.82) is 0 Å². The third-order valence-electron chi connectivity index (χ3n) is 3.06. The molecule has 0 radical (unpaired) electrons. The second kappa shape index (κ2) is 4.03. The molecule has 0 aromatic heterocycles. The Labute approximate surface area is 90.9 Å². The van der Waals surface area contributed by atoms with Crippen molar-refractivity contribution in [3.05, 3.63) is 47.5 Å². The third-order valence-corrected chi connectivity index (χ3v) is 3.06. The Hall–Kier alpha value is -1.34. The fourth-order valence-corrected chi connectivity index (χ4v) is 2.03. The molecule has 0 amide bonds. The van der Waals surface area contributed by atoms with Crippen molar-refractivity contribution in [2.75, 3.05) is 6.54 Å². The summed E-state index contributed by atoms with van der Waals surface area (Å²) in [5, 5.41) is 2.69. The van der Waals surface area contributed by atoms with E-state index in [-0.39, 0.29) is 0 Å². The lowest BCUT2D eigenvalue weighted by atomic mass is 9.93. The van der Waals surface area contributed by atoms with Crippen molar-refractivity contribution in [2.24, 2.45) is 5.73 Å². The van der Waals surface area contributed by atoms with Crippen LogP contribution in [0.4, 0.5) is 0 Å². The van der Waals surface area contributed by atoms with Crippen LogP contribution in [0.2, 0.25) is 0 Å². The summed E-state index contributed by atoms with van der Waals surface area (Å²) in [6, 6.07) is 12.9. The average Bonchev–Trinajstić information content (AvgIpc) is 2.29. The second-order valence-electron chi connectivity index (χ2n) is 4.15. The van der Waals surface area contributed by atoms with Crippen molar-refractivity contribution in [3.8, 4) is 0 Å². The largest absolute Gasteiger partial charge is 0.330 e. The maximum Gasteiger partial charge on any atom is -0.00107 e. The molecule has 0 aliphatic carbocycles. The highest BCUT2D eigenvalue weighted by atomic mass is 14.5. The summed E-state index contributed by atoms with van der Waals surface area (Å²) in [5.41, 5.74) is 8.43. The van der Waals surface area contributed by atoms with Crippen LogP contribution in [0.25, 0.3) is 10.8 Å². The SMILES string of the molecule is Cc1ccc(C(C)CN)c2ccccc12. The van der Waals surface area contributed by atoms with E-state index in [0.29, 0.717) is 12.5 Å². The summed E-state index contributed by atoms with van der Waals surface area (Å²) in [7, 11) is 0. The van der Waals surface area contributed by atoms with Gasteiger partial charge >= 0.3 is 0 Å². The minimum absolute atomic E-state index is 0.426. The lowest BCUT2D eigenvalue weighted by Crippen LogP contribution is -2.09. The van der Waals surface area contributed by atoms with Crippen molar-refractivity contribution in [3.63, 3.8) is 0 Å². The van der Waals surface area contributed by atoms with E-state index in [1.165, 1.54) is 21.9 Å². The van der Waals surface area contributed by atoms with Gasteiger partial charge in [0.15, 0.2) is 0 Å². The Kier molecular flexibility index (Phi) is 2.74. The molecule has 2 rings (SSSR count).